The van der Waals surface area contributed by atoms with Gasteiger partial charge in [0.25, 0.3) is 0 Å². The molecule has 0 aliphatic rings. The summed E-state index contributed by atoms with van der Waals surface area (Å²) in [5, 5.41) is 0.953. The first kappa shape index (κ1) is 9.45. The lowest BCUT2D eigenvalue weighted by atomic mass is 10.2. The van der Waals surface area contributed by atoms with Gasteiger partial charge < -0.3 is 9.15 Å². The third-order valence-electron chi connectivity index (χ3n) is 1.97. The van der Waals surface area contributed by atoms with E-state index in [1.54, 1.807) is 18.5 Å². The molecule has 0 amide bonds. The fourth-order valence-electron chi connectivity index (χ4n) is 1.25. The summed E-state index contributed by atoms with van der Waals surface area (Å²) < 4.78 is 9.73. The zero-order valence-electron chi connectivity index (χ0n) is 8.14. The highest BCUT2D eigenvalue weighted by molar-refractivity contribution is 5.90. The van der Waals surface area contributed by atoms with Crippen molar-refractivity contribution in [1.82, 2.24) is 4.98 Å². The maximum absolute atomic E-state index is 10.9. The number of fused-ring (bicyclic) bond motifs is 1. The number of methoxy groups -OCH3 is 1. The number of pyridine rings is 1. The molecule has 15 heavy (non-hydrogen) atoms. The first-order chi connectivity index (χ1) is 7.31. The molecule has 0 aliphatic carbocycles. The number of hydrogen-bond donors (Lipinski definition) is 0. The van der Waals surface area contributed by atoms with Crippen molar-refractivity contribution in [2.45, 2.75) is 0 Å². The minimum Gasteiger partial charge on any atom is -0.466 e. The van der Waals surface area contributed by atoms with Crippen LogP contribution >= 0.6 is 0 Å². The number of nitrogens with zero attached hydrogens (tertiary/aromatic N) is 1. The van der Waals surface area contributed by atoms with E-state index in [4.69, 9.17) is 4.42 Å². The van der Waals surface area contributed by atoms with Crippen LogP contribution in [0.5, 0.6) is 0 Å². The normalized spacial score (nSPS) is 11.0. The summed E-state index contributed by atoms with van der Waals surface area (Å²) in [4.78, 5) is 15.0. The summed E-state index contributed by atoms with van der Waals surface area (Å²) in [5.74, 6) is -0.416. The second kappa shape index (κ2) is 3.96. The standard InChI is InChI=1S/C11H9NO3/c1-14-10(13)3-2-9-11-8(4-6-12-9)5-7-15-11/h2-7H,1H3/b3-2+. The lowest BCUT2D eigenvalue weighted by Crippen LogP contribution is -1.93. The molecule has 0 saturated heterocycles. The van der Waals surface area contributed by atoms with Crippen LogP contribution in [-0.4, -0.2) is 18.1 Å². The summed E-state index contributed by atoms with van der Waals surface area (Å²) in [6.45, 7) is 0. The quantitative estimate of drug-likeness (QED) is 0.553. The van der Waals surface area contributed by atoms with Gasteiger partial charge in [0, 0.05) is 17.7 Å². The molecule has 0 saturated carbocycles. The Morgan fingerprint density at radius 1 is 1.53 bits per heavy atom. The van der Waals surface area contributed by atoms with Crippen LogP contribution in [0.4, 0.5) is 0 Å². The van der Waals surface area contributed by atoms with Crippen molar-refractivity contribution in [3.63, 3.8) is 0 Å². The average Bonchev–Trinajstić information content (AvgIpc) is 2.74. The highest BCUT2D eigenvalue weighted by Crippen LogP contribution is 2.18. The van der Waals surface area contributed by atoms with Crippen LogP contribution in [0, 0.1) is 0 Å². The molecule has 2 rings (SSSR count). The number of carbonyl (C=O) groups is 1. The number of carbonyl (C=O) groups excluding carboxylic acids is 1. The van der Waals surface area contributed by atoms with E-state index in [1.165, 1.54) is 13.2 Å². The zero-order valence-corrected chi connectivity index (χ0v) is 8.14. The Morgan fingerprint density at radius 3 is 3.20 bits per heavy atom. The van der Waals surface area contributed by atoms with Crippen LogP contribution in [0.25, 0.3) is 17.0 Å². The molecule has 0 fully saturated rings. The molecule has 0 aliphatic heterocycles. The van der Waals surface area contributed by atoms with E-state index in [9.17, 15) is 4.79 Å². The van der Waals surface area contributed by atoms with E-state index in [0.717, 1.165) is 5.39 Å². The Hall–Kier alpha value is -2.10. The van der Waals surface area contributed by atoms with Gasteiger partial charge in [-0.25, -0.2) is 4.79 Å². The monoisotopic (exact) mass is 203 g/mol. The summed E-state index contributed by atoms with van der Waals surface area (Å²) >= 11 is 0. The second-order valence-electron chi connectivity index (χ2n) is 2.89. The average molecular weight is 203 g/mol. The van der Waals surface area contributed by atoms with E-state index in [0.29, 0.717) is 11.3 Å². The van der Waals surface area contributed by atoms with E-state index >= 15 is 0 Å². The predicted octanol–water partition coefficient (Wildman–Crippen LogP) is 2.01. The molecular weight excluding hydrogens is 194 g/mol. The number of ether oxygens (including phenoxy) is 1. The molecule has 0 spiro atoms. The van der Waals surface area contributed by atoms with Gasteiger partial charge in [-0.2, -0.15) is 0 Å². The van der Waals surface area contributed by atoms with Crippen LogP contribution in [0.3, 0.4) is 0 Å². The molecule has 0 atom stereocenters. The van der Waals surface area contributed by atoms with Gasteiger partial charge in [-0.15, -0.1) is 0 Å². The summed E-state index contributed by atoms with van der Waals surface area (Å²) in [7, 11) is 1.33. The van der Waals surface area contributed by atoms with Gasteiger partial charge in [0.15, 0.2) is 5.58 Å². The Labute approximate surface area is 86.2 Å². The Bertz CT molecular complexity index is 513. The first-order valence-corrected chi connectivity index (χ1v) is 4.39. The SMILES string of the molecule is COC(=O)/C=C/c1nccc2ccoc12. The molecule has 2 aromatic rings. The smallest absolute Gasteiger partial charge is 0.330 e. The van der Waals surface area contributed by atoms with Crippen molar-refractivity contribution in [2.75, 3.05) is 7.11 Å². The van der Waals surface area contributed by atoms with Crippen molar-refractivity contribution in [3.8, 4) is 0 Å². The molecule has 0 aromatic carbocycles. The number of hydrogen-bond acceptors (Lipinski definition) is 4. The minimum atomic E-state index is -0.416. The van der Waals surface area contributed by atoms with Gasteiger partial charge >= 0.3 is 5.97 Å². The topological polar surface area (TPSA) is 52.3 Å². The molecule has 4 nitrogen and oxygen atoms in total. The van der Waals surface area contributed by atoms with Crippen molar-refractivity contribution in [2.24, 2.45) is 0 Å². The van der Waals surface area contributed by atoms with Crippen LogP contribution in [0.15, 0.2) is 35.1 Å². The number of furan rings is 1. The van der Waals surface area contributed by atoms with Crippen LogP contribution in [0.2, 0.25) is 0 Å². The van der Waals surface area contributed by atoms with Crippen molar-refractivity contribution in [1.29, 1.82) is 0 Å². The third-order valence-corrected chi connectivity index (χ3v) is 1.97. The maximum atomic E-state index is 10.9. The Kier molecular flexibility index (Phi) is 2.49. The fourth-order valence-corrected chi connectivity index (χ4v) is 1.25. The molecule has 4 heteroatoms. The Morgan fingerprint density at radius 2 is 2.40 bits per heavy atom. The van der Waals surface area contributed by atoms with Crippen molar-refractivity contribution >= 4 is 23.0 Å². The second-order valence-corrected chi connectivity index (χ2v) is 2.89. The van der Waals surface area contributed by atoms with Gasteiger partial charge in [-0.3, -0.25) is 4.98 Å². The number of esters is 1. The molecule has 2 heterocycles. The molecule has 0 unspecified atom stereocenters. The number of rotatable bonds is 2. The summed E-state index contributed by atoms with van der Waals surface area (Å²) in [6, 6.07) is 3.68. The molecule has 0 N–H and O–H groups in total. The highest BCUT2D eigenvalue weighted by Gasteiger charge is 2.02. The lowest BCUT2D eigenvalue weighted by molar-refractivity contribution is -0.134. The van der Waals surface area contributed by atoms with Crippen molar-refractivity contribution < 1.29 is 13.9 Å². The largest absolute Gasteiger partial charge is 0.466 e. The van der Waals surface area contributed by atoms with Crippen LogP contribution < -0.4 is 0 Å². The van der Waals surface area contributed by atoms with E-state index in [-0.39, 0.29) is 0 Å². The van der Waals surface area contributed by atoms with Crippen molar-refractivity contribution in [3.05, 3.63) is 36.4 Å². The predicted molar refractivity (Wildman–Crippen MR) is 55.1 cm³/mol. The lowest BCUT2D eigenvalue weighted by Gasteiger charge is -1.93. The van der Waals surface area contributed by atoms with Gasteiger partial charge in [0.1, 0.15) is 5.69 Å². The van der Waals surface area contributed by atoms with Gasteiger partial charge in [-0.05, 0) is 18.2 Å². The maximum Gasteiger partial charge on any atom is 0.330 e. The summed E-state index contributed by atoms with van der Waals surface area (Å²) in [6.07, 6.45) is 6.12. The molecular formula is C11H9NO3. The highest BCUT2D eigenvalue weighted by atomic mass is 16.5. The van der Waals surface area contributed by atoms with Gasteiger partial charge in [0.05, 0.1) is 13.4 Å². The first-order valence-electron chi connectivity index (χ1n) is 4.39. The number of aromatic nitrogens is 1. The van der Waals surface area contributed by atoms with Crippen LogP contribution in [-0.2, 0) is 9.53 Å². The molecule has 2 aromatic heterocycles. The van der Waals surface area contributed by atoms with Gasteiger partial charge in [-0.1, -0.05) is 0 Å². The Balaban J connectivity index is 2.39. The van der Waals surface area contributed by atoms with E-state index in [2.05, 4.69) is 9.72 Å². The molecule has 76 valence electrons. The van der Waals surface area contributed by atoms with E-state index in [1.807, 2.05) is 12.1 Å². The zero-order chi connectivity index (χ0) is 10.7. The van der Waals surface area contributed by atoms with Gasteiger partial charge in [0.2, 0.25) is 0 Å². The minimum absolute atomic E-state index is 0.416. The third kappa shape index (κ3) is 1.88. The fraction of sp³-hybridized carbons (Fsp3) is 0.0909. The summed E-state index contributed by atoms with van der Waals surface area (Å²) in [5.41, 5.74) is 1.28. The van der Waals surface area contributed by atoms with E-state index < -0.39 is 5.97 Å². The van der Waals surface area contributed by atoms with Crippen LogP contribution in [0.1, 0.15) is 5.69 Å². The molecule has 0 bridgehead atoms. The molecule has 0 radical (unpaired) electrons.